The molecule has 0 aliphatic rings. The van der Waals surface area contributed by atoms with Gasteiger partial charge in [0.2, 0.25) is 0 Å². The monoisotopic (exact) mass is 397 g/mol. The molecule has 2 heterocycles. The van der Waals surface area contributed by atoms with E-state index in [1.807, 2.05) is 47.8 Å². The molecule has 0 bridgehead atoms. The van der Waals surface area contributed by atoms with Crippen LogP contribution in [0.25, 0.3) is 11.8 Å². The van der Waals surface area contributed by atoms with Gasteiger partial charge in [0.25, 0.3) is 5.91 Å². The summed E-state index contributed by atoms with van der Waals surface area (Å²) in [7, 11) is 1.67. The SMILES string of the molecule is Cc1nnnn1/C(=C\c1ccccc1)C(=O)OCC(=O)N(C)Cc1cccs1. The number of hydrogen-bond acceptors (Lipinski definition) is 7. The number of aromatic nitrogens is 4. The summed E-state index contributed by atoms with van der Waals surface area (Å²) in [4.78, 5) is 27.5. The zero-order valence-electron chi connectivity index (χ0n) is 15.5. The van der Waals surface area contributed by atoms with Crippen LogP contribution in [0.15, 0.2) is 47.8 Å². The van der Waals surface area contributed by atoms with E-state index in [-0.39, 0.29) is 18.2 Å². The molecular weight excluding hydrogens is 378 g/mol. The molecule has 0 aliphatic carbocycles. The van der Waals surface area contributed by atoms with Crippen LogP contribution in [0.5, 0.6) is 0 Å². The Kier molecular flexibility index (Phi) is 6.28. The lowest BCUT2D eigenvalue weighted by Gasteiger charge is -2.16. The van der Waals surface area contributed by atoms with Crippen molar-refractivity contribution in [1.29, 1.82) is 0 Å². The maximum atomic E-state index is 12.7. The molecule has 8 nitrogen and oxygen atoms in total. The largest absolute Gasteiger partial charge is 0.451 e. The van der Waals surface area contributed by atoms with Crippen LogP contribution in [-0.4, -0.2) is 50.6 Å². The van der Waals surface area contributed by atoms with Crippen LogP contribution < -0.4 is 0 Å². The van der Waals surface area contributed by atoms with Gasteiger partial charge in [-0.25, -0.2) is 4.79 Å². The minimum absolute atomic E-state index is 0.127. The highest BCUT2D eigenvalue weighted by Gasteiger charge is 2.20. The molecule has 144 valence electrons. The fraction of sp³-hybridized carbons (Fsp3) is 0.211. The summed E-state index contributed by atoms with van der Waals surface area (Å²) in [6.07, 6.45) is 1.62. The molecule has 0 saturated carbocycles. The molecule has 1 amide bonds. The number of nitrogens with zero attached hydrogens (tertiary/aromatic N) is 5. The van der Waals surface area contributed by atoms with Gasteiger partial charge in [0.05, 0.1) is 6.54 Å². The minimum atomic E-state index is -0.683. The standard InChI is InChI=1S/C19H19N5O3S/c1-14-20-21-22-24(14)17(11-15-7-4-3-5-8-15)19(26)27-13-18(25)23(2)12-16-9-6-10-28-16/h3-11H,12-13H2,1-2H3/b17-11-. The number of hydrogen-bond donors (Lipinski definition) is 0. The zero-order valence-corrected chi connectivity index (χ0v) is 16.3. The lowest BCUT2D eigenvalue weighted by molar-refractivity contribution is -0.147. The Balaban J connectivity index is 1.70. The van der Waals surface area contributed by atoms with Crippen molar-refractivity contribution in [2.75, 3.05) is 13.7 Å². The Bertz CT molecular complexity index is 967. The highest BCUT2D eigenvalue weighted by molar-refractivity contribution is 7.09. The van der Waals surface area contributed by atoms with Gasteiger partial charge < -0.3 is 9.64 Å². The number of rotatable bonds is 7. The average Bonchev–Trinajstić information content (AvgIpc) is 3.36. The van der Waals surface area contributed by atoms with Crippen molar-refractivity contribution >= 4 is 35.0 Å². The Morgan fingerprint density at radius 3 is 2.64 bits per heavy atom. The number of likely N-dealkylation sites (N-methyl/N-ethyl adjacent to an activating group) is 1. The van der Waals surface area contributed by atoms with E-state index < -0.39 is 5.97 Å². The molecule has 0 spiro atoms. The molecule has 28 heavy (non-hydrogen) atoms. The first kappa shape index (κ1) is 19.4. The van der Waals surface area contributed by atoms with Crippen molar-refractivity contribution in [2.24, 2.45) is 0 Å². The number of carbonyl (C=O) groups excluding carboxylic acids is 2. The van der Waals surface area contributed by atoms with Crippen molar-refractivity contribution in [2.45, 2.75) is 13.5 Å². The molecule has 0 radical (unpaired) electrons. The fourth-order valence-corrected chi connectivity index (χ4v) is 3.16. The molecule has 0 aliphatic heterocycles. The molecule has 9 heteroatoms. The average molecular weight is 397 g/mol. The highest BCUT2D eigenvalue weighted by Crippen LogP contribution is 2.14. The number of aryl methyl sites for hydroxylation is 1. The summed E-state index contributed by atoms with van der Waals surface area (Å²) in [6, 6.07) is 13.1. The Hall–Kier alpha value is -3.33. The van der Waals surface area contributed by atoms with Gasteiger partial charge in [-0.2, -0.15) is 4.68 Å². The van der Waals surface area contributed by atoms with Crippen molar-refractivity contribution in [3.63, 3.8) is 0 Å². The molecule has 0 unspecified atom stereocenters. The summed E-state index contributed by atoms with van der Waals surface area (Å²) in [5.74, 6) is -0.549. The summed E-state index contributed by atoms with van der Waals surface area (Å²) < 4.78 is 6.53. The van der Waals surface area contributed by atoms with Gasteiger partial charge in [-0.15, -0.1) is 16.4 Å². The van der Waals surface area contributed by atoms with Gasteiger partial charge in [0.15, 0.2) is 18.1 Å². The normalized spacial score (nSPS) is 11.3. The molecule has 3 aromatic rings. The Morgan fingerprint density at radius 2 is 2.00 bits per heavy atom. The number of amides is 1. The summed E-state index contributed by atoms with van der Waals surface area (Å²) >= 11 is 1.56. The van der Waals surface area contributed by atoms with Crippen molar-refractivity contribution in [3.05, 3.63) is 64.1 Å². The van der Waals surface area contributed by atoms with Gasteiger partial charge in [-0.05, 0) is 40.4 Å². The molecule has 1 aromatic carbocycles. The maximum Gasteiger partial charge on any atom is 0.357 e. The first-order valence-corrected chi connectivity index (χ1v) is 9.38. The van der Waals surface area contributed by atoms with Crippen LogP contribution in [0.1, 0.15) is 16.3 Å². The van der Waals surface area contributed by atoms with Gasteiger partial charge in [-0.1, -0.05) is 36.4 Å². The van der Waals surface area contributed by atoms with Gasteiger partial charge in [-0.3, -0.25) is 4.79 Å². The van der Waals surface area contributed by atoms with E-state index in [4.69, 9.17) is 4.74 Å². The number of carbonyl (C=O) groups is 2. The predicted octanol–water partition coefficient (Wildman–Crippen LogP) is 2.24. The van der Waals surface area contributed by atoms with E-state index >= 15 is 0 Å². The molecule has 0 fully saturated rings. The third-order valence-electron chi connectivity index (χ3n) is 3.89. The number of esters is 1. The first-order chi connectivity index (χ1) is 13.5. The van der Waals surface area contributed by atoms with Crippen molar-refractivity contribution < 1.29 is 14.3 Å². The summed E-state index contributed by atoms with van der Waals surface area (Å²) in [6.45, 7) is 1.77. The smallest absolute Gasteiger partial charge is 0.357 e. The molecule has 0 atom stereocenters. The van der Waals surface area contributed by atoms with Crippen LogP contribution in [0.4, 0.5) is 0 Å². The molecule has 2 aromatic heterocycles. The van der Waals surface area contributed by atoms with Gasteiger partial charge in [0, 0.05) is 11.9 Å². The van der Waals surface area contributed by atoms with Crippen LogP contribution in [-0.2, 0) is 20.9 Å². The molecule has 0 saturated heterocycles. The van der Waals surface area contributed by atoms with Gasteiger partial charge in [0.1, 0.15) is 0 Å². The van der Waals surface area contributed by atoms with Crippen LogP contribution >= 0.6 is 11.3 Å². The first-order valence-electron chi connectivity index (χ1n) is 8.50. The van der Waals surface area contributed by atoms with E-state index in [1.165, 1.54) is 9.58 Å². The second-order valence-electron chi connectivity index (χ2n) is 5.98. The van der Waals surface area contributed by atoms with E-state index in [0.717, 1.165) is 10.4 Å². The van der Waals surface area contributed by atoms with Gasteiger partial charge >= 0.3 is 5.97 Å². The number of ether oxygens (including phenoxy) is 1. The lowest BCUT2D eigenvalue weighted by Crippen LogP contribution is -2.31. The highest BCUT2D eigenvalue weighted by atomic mass is 32.1. The van der Waals surface area contributed by atoms with Crippen LogP contribution in [0.2, 0.25) is 0 Å². The molecular formula is C19H19N5O3S. The Morgan fingerprint density at radius 1 is 1.21 bits per heavy atom. The van der Waals surface area contributed by atoms with Crippen molar-refractivity contribution in [3.8, 4) is 0 Å². The summed E-state index contributed by atoms with van der Waals surface area (Å²) in [5.41, 5.74) is 0.910. The summed E-state index contributed by atoms with van der Waals surface area (Å²) in [5, 5.41) is 13.2. The van der Waals surface area contributed by atoms with Crippen molar-refractivity contribution in [1.82, 2.24) is 25.1 Å². The predicted molar refractivity (Wildman–Crippen MR) is 105 cm³/mol. The number of tetrazole rings is 1. The van der Waals surface area contributed by atoms with E-state index in [1.54, 1.807) is 31.4 Å². The zero-order chi connectivity index (χ0) is 19.9. The maximum absolute atomic E-state index is 12.7. The molecule has 0 N–H and O–H groups in total. The number of benzene rings is 1. The topological polar surface area (TPSA) is 90.2 Å². The van der Waals surface area contributed by atoms with Crippen LogP contribution in [0.3, 0.4) is 0 Å². The second kappa shape index (κ2) is 9.05. The third-order valence-corrected chi connectivity index (χ3v) is 4.75. The molecule has 3 rings (SSSR count). The Labute approximate surface area is 166 Å². The second-order valence-corrected chi connectivity index (χ2v) is 7.02. The number of thiophene rings is 1. The fourth-order valence-electron chi connectivity index (χ4n) is 2.40. The minimum Gasteiger partial charge on any atom is -0.451 e. The lowest BCUT2D eigenvalue weighted by atomic mass is 10.2. The van der Waals surface area contributed by atoms with E-state index in [2.05, 4.69) is 15.5 Å². The third kappa shape index (κ3) is 4.89. The van der Waals surface area contributed by atoms with E-state index in [0.29, 0.717) is 12.4 Å². The van der Waals surface area contributed by atoms with Crippen LogP contribution in [0, 0.1) is 6.92 Å². The quantitative estimate of drug-likeness (QED) is 0.449. The van der Waals surface area contributed by atoms with E-state index in [9.17, 15) is 9.59 Å².